The average Bonchev–Trinajstić information content (AvgIpc) is 3.10. The van der Waals surface area contributed by atoms with Gasteiger partial charge in [-0.15, -0.1) is 0 Å². The summed E-state index contributed by atoms with van der Waals surface area (Å²) in [7, 11) is 0. The summed E-state index contributed by atoms with van der Waals surface area (Å²) in [6.07, 6.45) is 7.68. The Balaban J connectivity index is 1.58. The summed E-state index contributed by atoms with van der Waals surface area (Å²) in [4.78, 5) is 12.3. The molecule has 6 nitrogen and oxygen atoms in total. The van der Waals surface area contributed by atoms with Gasteiger partial charge in [0.2, 0.25) is 0 Å². The topological polar surface area (TPSA) is 65.4 Å². The molecular formula is C19H25N3O3. The van der Waals surface area contributed by atoms with Crippen molar-refractivity contribution < 1.29 is 14.3 Å². The fraction of sp³-hybridized carbons (Fsp3) is 0.474. The van der Waals surface area contributed by atoms with Crippen LogP contribution in [0.3, 0.4) is 0 Å². The molecule has 1 aromatic carbocycles. The lowest BCUT2D eigenvalue weighted by Crippen LogP contribution is -2.24. The van der Waals surface area contributed by atoms with Crippen molar-refractivity contribution in [3.05, 3.63) is 36.5 Å². The van der Waals surface area contributed by atoms with E-state index >= 15 is 0 Å². The number of benzene rings is 1. The average molecular weight is 343 g/mol. The highest BCUT2D eigenvalue weighted by atomic mass is 16.5. The lowest BCUT2D eigenvalue weighted by molar-refractivity contribution is -0.118. The fourth-order valence-corrected chi connectivity index (χ4v) is 3.20. The minimum absolute atomic E-state index is 0.0695. The van der Waals surface area contributed by atoms with E-state index in [9.17, 15) is 4.79 Å². The largest absolute Gasteiger partial charge is 0.490 e. The van der Waals surface area contributed by atoms with Crippen LogP contribution in [0.2, 0.25) is 0 Å². The van der Waals surface area contributed by atoms with E-state index in [-0.39, 0.29) is 12.5 Å². The van der Waals surface area contributed by atoms with Gasteiger partial charge in [0.25, 0.3) is 5.91 Å². The molecule has 0 saturated heterocycles. The van der Waals surface area contributed by atoms with Gasteiger partial charge in [-0.3, -0.25) is 4.79 Å². The van der Waals surface area contributed by atoms with E-state index in [1.807, 2.05) is 35.9 Å². The van der Waals surface area contributed by atoms with Gasteiger partial charge in [-0.1, -0.05) is 31.4 Å². The van der Waals surface area contributed by atoms with Gasteiger partial charge in [0.15, 0.2) is 18.1 Å². The van der Waals surface area contributed by atoms with Gasteiger partial charge in [0.05, 0.1) is 18.8 Å². The lowest BCUT2D eigenvalue weighted by atomic mass is 9.96. The molecule has 1 aliphatic rings. The molecule has 0 radical (unpaired) electrons. The summed E-state index contributed by atoms with van der Waals surface area (Å²) >= 11 is 0. The van der Waals surface area contributed by atoms with Gasteiger partial charge in [0.1, 0.15) is 5.82 Å². The summed E-state index contributed by atoms with van der Waals surface area (Å²) in [5.74, 6) is 1.74. The summed E-state index contributed by atoms with van der Waals surface area (Å²) < 4.78 is 13.1. The molecule has 6 heteroatoms. The van der Waals surface area contributed by atoms with Crippen LogP contribution in [0, 0.1) is 0 Å². The van der Waals surface area contributed by atoms with Crippen molar-refractivity contribution >= 4 is 11.7 Å². The summed E-state index contributed by atoms with van der Waals surface area (Å²) in [5.41, 5.74) is 0. The Morgan fingerprint density at radius 2 is 1.88 bits per heavy atom. The first-order valence-corrected chi connectivity index (χ1v) is 8.96. The van der Waals surface area contributed by atoms with E-state index in [0.29, 0.717) is 24.1 Å². The van der Waals surface area contributed by atoms with Crippen LogP contribution >= 0.6 is 0 Å². The number of hydrogen-bond donors (Lipinski definition) is 1. The van der Waals surface area contributed by atoms with Crippen LogP contribution in [0.15, 0.2) is 36.5 Å². The molecule has 1 N–H and O–H groups in total. The molecular weight excluding hydrogens is 318 g/mol. The smallest absolute Gasteiger partial charge is 0.263 e. The van der Waals surface area contributed by atoms with Crippen LogP contribution in [0.5, 0.6) is 11.5 Å². The minimum Gasteiger partial charge on any atom is -0.490 e. The molecule has 1 saturated carbocycles. The van der Waals surface area contributed by atoms with E-state index in [1.165, 1.54) is 19.3 Å². The zero-order valence-electron chi connectivity index (χ0n) is 14.6. The highest BCUT2D eigenvalue weighted by Gasteiger charge is 2.19. The maximum absolute atomic E-state index is 12.3. The molecule has 0 unspecified atom stereocenters. The fourth-order valence-electron chi connectivity index (χ4n) is 3.20. The van der Waals surface area contributed by atoms with Gasteiger partial charge in [-0.2, -0.15) is 5.10 Å². The third-order valence-corrected chi connectivity index (χ3v) is 4.37. The number of aromatic nitrogens is 2. The Hall–Kier alpha value is -2.50. The number of carbonyl (C=O) groups is 1. The molecule has 3 rings (SSSR count). The van der Waals surface area contributed by atoms with E-state index in [2.05, 4.69) is 10.4 Å². The van der Waals surface area contributed by atoms with E-state index in [0.717, 1.165) is 18.7 Å². The molecule has 0 spiro atoms. The van der Waals surface area contributed by atoms with Gasteiger partial charge in [-0.25, -0.2) is 4.68 Å². The highest BCUT2D eigenvalue weighted by molar-refractivity contribution is 5.91. The van der Waals surface area contributed by atoms with Crippen LogP contribution in [0.4, 0.5) is 5.82 Å². The number of para-hydroxylation sites is 2. The second-order valence-corrected chi connectivity index (χ2v) is 6.17. The number of carbonyl (C=O) groups excluding carboxylic acids is 1. The first kappa shape index (κ1) is 17.3. The molecule has 1 aliphatic carbocycles. The Morgan fingerprint density at radius 3 is 2.60 bits per heavy atom. The first-order chi connectivity index (χ1) is 12.3. The lowest BCUT2D eigenvalue weighted by Gasteiger charge is -2.23. The summed E-state index contributed by atoms with van der Waals surface area (Å²) in [6.45, 7) is 2.39. The third kappa shape index (κ3) is 4.53. The van der Waals surface area contributed by atoms with Crippen molar-refractivity contribution in [3.8, 4) is 11.5 Å². The molecule has 1 amide bonds. The number of anilines is 1. The molecule has 0 atom stereocenters. The maximum atomic E-state index is 12.3. The summed E-state index contributed by atoms with van der Waals surface area (Å²) in [5, 5.41) is 7.30. The second-order valence-electron chi connectivity index (χ2n) is 6.17. The van der Waals surface area contributed by atoms with Crippen LogP contribution in [-0.2, 0) is 4.79 Å². The zero-order valence-corrected chi connectivity index (χ0v) is 14.6. The SMILES string of the molecule is CCOc1ccccc1OCC(=O)Nc1ccnn1C1CCCCC1. The predicted molar refractivity (Wildman–Crippen MR) is 96.1 cm³/mol. The number of amides is 1. The first-order valence-electron chi connectivity index (χ1n) is 8.96. The van der Waals surface area contributed by atoms with Crippen molar-refractivity contribution in [1.82, 2.24) is 9.78 Å². The minimum atomic E-state index is -0.205. The van der Waals surface area contributed by atoms with E-state index < -0.39 is 0 Å². The van der Waals surface area contributed by atoms with Crippen molar-refractivity contribution in [3.63, 3.8) is 0 Å². The van der Waals surface area contributed by atoms with Gasteiger partial charge in [-0.05, 0) is 31.9 Å². The number of nitrogens with one attached hydrogen (secondary N) is 1. The van der Waals surface area contributed by atoms with Crippen molar-refractivity contribution in [2.75, 3.05) is 18.5 Å². The summed E-state index contributed by atoms with van der Waals surface area (Å²) in [6, 6.07) is 9.56. The molecule has 0 bridgehead atoms. The second kappa shape index (κ2) is 8.55. The number of nitrogens with zero attached hydrogens (tertiary/aromatic N) is 2. The molecule has 1 fully saturated rings. The highest BCUT2D eigenvalue weighted by Crippen LogP contribution is 2.30. The van der Waals surface area contributed by atoms with Crippen molar-refractivity contribution in [1.29, 1.82) is 0 Å². The maximum Gasteiger partial charge on any atom is 0.263 e. The molecule has 25 heavy (non-hydrogen) atoms. The van der Waals surface area contributed by atoms with Crippen LogP contribution in [0.25, 0.3) is 0 Å². The number of rotatable bonds is 7. The molecule has 2 aromatic rings. The quantitative estimate of drug-likeness (QED) is 0.830. The molecule has 1 aromatic heterocycles. The van der Waals surface area contributed by atoms with Gasteiger partial charge < -0.3 is 14.8 Å². The number of hydrogen-bond acceptors (Lipinski definition) is 4. The Bertz CT molecular complexity index is 693. The Kier molecular flexibility index (Phi) is 5.93. The van der Waals surface area contributed by atoms with E-state index in [4.69, 9.17) is 9.47 Å². The Labute approximate surface area is 148 Å². The predicted octanol–water partition coefficient (Wildman–Crippen LogP) is 3.80. The zero-order chi connectivity index (χ0) is 17.5. The molecule has 0 aliphatic heterocycles. The van der Waals surface area contributed by atoms with Crippen LogP contribution in [0.1, 0.15) is 45.1 Å². The van der Waals surface area contributed by atoms with Crippen molar-refractivity contribution in [2.45, 2.75) is 45.1 Å². The molecule has 134 valence electrons. The van der Waals surface area contributed by atoms with Crippen molar-refractivity contribution in [2.24, 2.45) is 0 Å². The standard InChI is InChI=1S/C19H25N3O3/c1-2-24-16-10-6-7-11-17(16)25-14-19(23)21-18-12-13-20-22(18)15-8-4-3-5-9-15/h6-7,10-13,15H,2-5,8-9,14H2,1H3,(H,21,23). The monoisotopic (exact) mass is 343 g/mol. The van der Waals surface area contributed by atoms with Gasteiger partial charge >= 0.3 is 0 Å². The van der Waals surface area contributed by atoms with Crippen LogP contribution in [-0.4, -0.2) is 28.9 Å². The van der Waals surface area contributed by atoms with Crippen LogP contribution < -0.4 is 14.8 Å². The van der Waals surface area contributed by atoms with E-state index in [1.54, 1.807) is 12.3 Å². The number of ether oxygens (including phenoxy) is 2. The molecule has 1 heterocycles. The third-order valence-electron chi connectivity index (χ3n) is 4.37. The Morgan fingerprint density at radius 1 is 1.16 bits per heavy atom. The normalized spacial score (nSPS) is 14.9. The van der Waals surface area contributed by atoms with Gasteiger partial charge in [0, 0.05) is 6.07 Å².